The van der Waals surface area contributed by atoms with Gasteiger partial charge in [-0.2, -0.15) is 5.26 Å². The van der Waals surface area contributed by atoms with Gasteiger partial charge in [-0.1, -0.05) is 0 Å². The van der Waals surface area contributed by atoms with E-state index in [1.165, 1.54) is 11.3 Å². The first-order chi connectivity index (χ1) is 14.7. The van der Waals surface area contributed by atoms with E-state index in [9.17, 15) is 4.79 Å². The number of hydrogen-bond acceptors (Lipinski definition) is 9. The van der Waals surface area contributed by atoms with Crippen LogP contribution in [-0.2, 0) is 6.54 Å². The van der Waals surface area contributed by atoms with Crippen molar-refractivity contribution in [3.8, 4) is 6.07 Å². The standard InChI is InChI=1S/C20H20N8OS/c21-6-11-28-10-1-2-17(28)15-5-9-23-19(25-15)27-20-26-16(13-30-20)18(29)24-12-14-3-7-22-8-4-14/h3-5,7-9,13,17H,1-2,10-12H2,(H,24,29)(H,23,25,26,27)/t17-/m0/s1. The SMILES string of the molecule is N#CCN1CCC[C@H]1c1ccnc(Nc2nc(C(=O)NCc3ccncc3)cs2)n1. The third-order valence-electron chi connectivity index (χ3n) is 4.81. The summed E-state index contributed by atoms with van der Waals surface area (Å²) in [7, 11) is 0. The zero-order valence-corrected chi connectivity index (χ0v) is 17.0. The highest BCUT2D eigenvalue weighted by Crippen LogP contribution is 2.30. The summed E-state index contributed by atoms with van der Waals surface area (Å²) >= 11 is 1.31. The van der Waals surface area contributed by atoms with Crippen LogP contribution in [0.5, 0.6) is 0 Å². The summed E-state index contributed by atoms with van der Waals surface area (Å²) in [6, 6.07) is 7.92. The van der Waals surface area contributed by atoms with Gasteiger partial charge in [0.1, 0.15) is 5.69 Å². The van der Waals surface area contributed by atoms with Gasteiger partial charge in [0, 0.05) is 30.5 Å². The lowest BCUT2D eigenvalue weighted by atomic mass is 10.1. The molecule has 0 saturated carbocycles. The molecular weight excluding hydrogens is 400 g/mol. The number of nitriles is 1. The van der Waals surface area contributed by atoms with Gasteiger partial charge in [0.25, 0.3) is 5.91 Å². The molecule has 0 radical (unpaired) electrons. The second kappa shape index (κ2) is 9.39. The van der Waals surface area contributed by atoms with E-state index in [0.29, 0.717) is 29.9 Å². The Morgan fingerprint density at radius 2 is 2.13 bits per heavy atom. The summed E-state index contributed by atoms with van der Waals surface area (Å²) in [4.78, 5) is 31.6. The number of nitrogens with one attached hydrogen (secondary N) is 2. The molecule has 9 nitrogen and oxygen atoms in total. The van der Waals surface area contributed by atoms with Gasteiger partial charge in [0.2, 0.25) is 5.95 Å². The molecule has 3 aromatic heterocycles. The molecule has 152 valence electrons. The van der Waals surface area contributed by atoms with E-state index in [-0.39, 0.29) is 11.9 Å². The number of amides is 1. The average molecular weight is 421 g/mol. The predicted octanol–water partition coefficient (Wildman–Crippen LogP) is 2.66. The number of carbonyl (C=O) groups is 1. The fourth-order valence-corrected chi connectivity index (χ4v) is 4.05. The third kappa shape index (κ3) is 4.76. The minimum Gasteiger partial charge on any atom is -0.347 e. The highest BCUT2D eigenvalue weighted by molar-refractivity contribution is 7.14. The maximum absolute atomic E-state index is 12.3. The lowest BCUT2D eigenvalue weighted by Gasteiger charge is -2.21. The van der Waals surface area contributed by atoms with Gasteiger partial charge in [0.05, 0.1) is 24.3 Å². The number of thiazole rings is 1. The summed E-state index contributed by atoms with van der Waals surface area (Å²) in [6.07, 6.45) is 7.08. The van der Waals surface area contributed by atoms with Crippen molar-refractivity contribution in [1.29, 1.82) is 5.26 Å². The third-order valence-corrected chi connectivity index (χ3v) is 5.57. The molecule has 30 heavy (non-hydrogen) atoms. The highest BCUT2D eigenvalue weighted by atomic mass is 32.1. The molecule has 0 aliphatic carbocycles. The Morgan fingerprint density at radius 3 is 2.97 bits per heavy atom. The minimum atomic E-state index is -0.246. The van der Waals surface area contributed by atoms with E-state index in [1.807, 2.05) is 18.2 Å². The van der Waals surface area contributed by atoms with E-state index >= 15 is 0 Å². The fourth-order valence-electron chi connectivity index (χ4n) is 3.36. The second-order valence-electron chi connectivity index (χ2n) is 6.79. The monoisotopic (exact) mass is 420 g/mol. The van der Waals surface area contributed by atoms with Crippen LogP contribution in [0.3, 0.4) is 0 Å². The quantitative estimate of drug-likeness (QED) is 0.560. The van der Waals surface area contributed by atoms with Crippen molar-refractivity contribution >= 4 is 28.3 Å². The summed E-state index contributed by atoms with van der Waals surface area (Å²) in [5.41, 5.74) is 2.19. The van der Waals surface area contributed by atoms with Gasteiger partial charge in [0.15, 0.2) is 5.13 Å². The second-order valence-corrected chi connectivity index (χ2v) is 7.65. The maximum Gasteiger partial charge on any atom is 0.271 e. The lowest BCUT2D eigenvalue weighted by Crippen LogP contribution is -2.24. The van der Waals surface area contributed by atoms with Crippen molar-refractivity contribution in [1.82, 2.24) is 30.2 Å². The Labute approximate surface area is 177 Å². The van der Waals surface area contributed by atoms with Crippen molar-refractivity contribution in [2.75, 3.05) is 18.4 Å². The number of nitrogens with zero attached hydrogens (tertiary/aromatic N) is 6. The first-order valence-electron chi connectivity index (χ1n) is 9.56. The molecule has 1 amide bonds. The molecule has 0 bridgehead atoms. The van der Waals surface area contributed by atoms with E-state index in [4.69, 9.17) is 5.26 Å². The molecule has 4 rings (SSSR count). The summed E-state index contributed by atoms with van der Waals surface area (Å²) in [6.45, 7) is 1.70. The predicted molar refractivity (Wildman–Crippen MR) is 112 cm³/mol. The van der Waals surface area contributed by atoms with Gasteiger partial charge >= 0.3 is 0 Å². The van der Waals surface area contributed by atoms with E-state index in [0.717, 1.165) is 30.6 Å². The van der Waals surface area contributed by atoms with Crippen molar-refractivity contribution in [2.45, 2.75) is 25.4 Å². The molecule has 10 heteroatoms. The number of aromatic nitrogens is 4. The summed E-state index contributed by atoms with van der Waals surface area (Å²) in [5, 5.41) is 17.2. The zero-order valence-electron chi connectivity index (χ0n) is 16.2. The number of carbonyl (C=O) groups excluding carboxylic acids is 1. The Morgan fingerprint density at radius 1 is 1.27 bits per heavy atom. The molecule has 2 N–H and O–H groups in total. The van der Waals surface area contributed by atoms with E-state index < -0.39 is 0 Å². The minimum absolute atomic E-state index is 0.124. The number of anilines is 2. The van der Waals surface area contributed by atoms with Crippen LogP contribution in [0.15, 0.2) is 42.2 Å². The number of hydrogen-bond donors (Lipinski definition) is 2. The largest absolute Gasteiger partial charge is 0.347 e. The lowest BCUT2D eigenvalue weighted by molar-refractivity contribution is 0.0946. The van der Waals surface area contributed by atoms with Crippen LogP contribution < -0.4 is 10.6 Å². The molecule has 1 atom stereocenters. The zero-order chi connectivity index (χ0) is 20.8. The van der Waals surface area contributed by atoms with Crippen LogP contribution in [0.4, 0.5) is 11.1 Å². The normalized spacial score (nSPS) is 16.2. The molecule has 1 saturated heterocycles. The molecule has 0 spiro atoms. The van der Waals surface area contributed by atoms with Gasteiger partial charge in [-0.25, -0.2) is 15.0 Å². The van der Waals surface area contributed by atoms with Crippen molar-refractivity contribution in [2.24, 2.45) is 0 Å². The van der Waals surface area contributed by atoms with Gasteiger partial charge < -0.3 is 10.6 Å². The van der Waals surface area contributed by atoms with Gasteiger partial charge in [-0.05, 0) is 43.1 Å². The molecule has 0 unspecified atom stereocenters. The fraction of sp³-hybridized carbons (Fsp3) is 0.300. The Hall–Kier alpha value is -3.42. The first-order valence-corrected chi connectivity index (χ1v) is 10.4. The Balaban J connectivity index is 1.39. The van der Waals surface area contributed by atoms with E-state index in [1.54, 1.807) is 24.0 Å². The van der Waals surface area contributed by atoms with Gasteiger partial charge in [-0.15, -0.1) is 11.3 Å². The van der Waals surface area contributed by atoms with Crippen molar-refractivity contribution in [3.63, 3.8) is 0 Å². The summed E-state index contributed by atoms with van der Waals surface area (Å²) in [5.74, 6) is 0.179. The summed E-state index contributed by atoms with van der Waals surface area (Å²) < 4.78 is 0. The van der Waals surface area contributed by atoms with Crippen LogP contribution in [-0.4, -0.2) is 43.8 Å². The van der Waals surface area contributed by atoms with Crippen LogP contribution in [0, 0.1) is 11.3 Å². The van der Waals surface area contributed by atoms with Crippen molar-refractivity contribution < 1.29 is 4.79 Å². The van der Waals surface area contributed by atoms with Crippen LogP contribution in [0.25, 0.3) is 0 Å². The smallest absolute Gasteiger partial charge is 0.271 e. The molecule has 3 aromatic rings. The topological polar surface area (TPSA) is 120 Å². The molecule has 4 heterocycles. The number of likely N-dealkylation sites (tertiary alicyclic amines) is 1. The first kappa shape index (κ1) is 19.9. The Kier molecular flexibility index (Phi) is 6.22. The number of pyridine rings is 1. The number of rotatable bonds is 7. The van der Waals surface area contributed by atoms with Crippen LogP contribution in [0.2, 0.25) is 0 Å². The average Bonchev–Trinajstić information content (AvgIpc) is 3.43. The maximum atomic E-state index is 12.3. The molecule has 1 aliphatic rings. The molecular formula is C20H20N8OS. The molecule has 1 fully saturated rings. The van der Waals surface area contributed by atoms with Gasteiger partial charge in [-0.3, -0.25) is 14.7 Å². The Bertz CT molecular complexity index is 1050. The molecule has 0 aromatic carbocycles. The highest BCUT2D eigenvalue weighted by Gasteiger charge is 2.27. The van der Waals surface area contributed by atoms with Crippen LogP contribution in [0.1, 0.15) is 40.6 Å². The van der Waals surface area contributed by atoms with E-state index in [2.05, 4.69) is 41.5 Å². The van der Waals surface area contributed by atoms with Crippen molar-refractivity contribution in [3.05, 3.63) is 59.1 Å². The van der Waals surface area contributed by atoms with Crippen LogP contribution >= 0.6 is 11.3 Å². The molecule has 1 aliphatic heterocycles.